The van der Waals surface area contributed by atoms with Crippen molar-refractivity contribution >= 4 is 29.7 Å². The van der Waals surface area contributed by atoms with E-state index in [4.69, 9.17) is 28.1 Å². The fourth-order valence-corrected chi connectivity index (χ4v) is 2.61. The third-order valence-electron chi connectivity index (χ3n) is 3.79. The Balaban J connectivity index is 0.00000101. The molecule has 0 aliphatic carbocycles. The number of amides is 2. The Bertz CT molecular complexity index is 1170. The maximum atomic E-state index is 14.5. The van der Waals surface area contributed by atoms with E-state index >= 15 is 0 Å². The van der Waals surface area contributed by atoms with Crippen LogP contribution in [0.5, 0.6) is 0 Å². The molecule has 6 nitrogen and oxygen atoms in total. The van der Waals surface area contributed by atoms with Crippen LogP contribution in [-0.2, 0) is 4.79 Å². The molecule has 0 unspecified atom stereocenters. The molecule has 0 fully saturated rings. The predicted molar refractivity (Wildman–Crippen MR) is 112 cm³/mol. The number of halogens is 2. The molecule has 1 heterocycles. The van der Waals surface area contributed by atoms with Gasteiger partial charge in [0.25, 0.3) is 5.91 Å². The Morgan fingerprint density at radius 3 is 2.40 bits per heavy atom. The summed E-state index contributed by atoms with van der Waals surface area (Å²) in [4.78, 5) is 25.4. The van der Waals surface area contributed by atoms with Gasteiger partial charge in [0.15, 0.2) is 0 Å². The van der Waals surface area contributed by atoms with Crippen LogP contribution in [0.3, 0.4) is 0 Å². The number of carbonyl (C=O) groups excluding carboxylic acids is 2. The molecule has 30 heavy (non-hydrogen) atoms. The minimum Gasteiger partial charge on any atom is -0.372 e. The van der Waals surface area contributed by atoms with Gasteiger partial charge in [-0.25, -0.2) is 9.37 Å². The number of nitrogens with one attached hydrogen (secondary N) is 1. The maximum Gasteiger partial charge on any atom is 0.257 e. The summed E-state index contributed by atoms with van der Waals surface area (Å²) in [6, 6.07) is 13.8. The zero-order valence-corrected chi connectivity index (χ0v) is 16.2. The summed E-state index contributed by atoms with van der Waals surface area (Å²) >= 11 is 5.79. The first-order chi connectivity index (χ1) is 14.4. The van der Waals surface area contributed by atoms with Gasteiger partial charge in [-0.05, 0) is 42.0 Å². The summed E-state index contributed by atoms with van der Waals surface area (Å²) in [5, 5.41) is 12.0. The van der Waals surface area contributed by atoms with E-state index in [0.29, 0.717) is 22.0 Å². The first-order valence-electron chi connectivity index (χ1n) is 8.32. The van der Waals surface area contributed by atoms with Crippen LogP contribution in [0, 0.1) is 29.5 Å². The van der Waals surface area contributed by atoms with Gasteiger partial charge in [-0.1, -0.05) is 29.7 Å². The molecule has 0 aliphatic rings. The Labute approximate surface area is 177 Å². The highest BCUT2D eigenvalue weighted by Gasteiger charge is 2.17. The summed E-state index contributed by atoms with van der Waals surface area (Å²) in [6.07, 6.45) is 7.07. The van der Waals surface area contributed by atoms with Gasteiger partial charge in [0.1, 0.15) is 11.6 Å². The van der Waals surface area contributed by atoms with E-state index in [1.807, 2.05) is 6.07 Å². The minimum atomic E-state index is -0.610. The molecule has 3 N–H and O–H groups in total. The lowest BCUT2D eigenvalue weighted by atomic mass is 9.96. The first-order valence-corrected chi connectivity index (χ1v) is 8.70. The van der Waals surface area contributed by atoms with Crippen LogP contribution >= 0.6 is 11.6 Å². The van der Waals surface area contributed by atoms with Gasteiger partial charge in [0, 0.05) is 22.9 Å². The summed E-state index contributed by atoms with van der Waals surface area (Å²) in [5.41, 5.74) is 5.55. The van der Waals surface area contributed by atoms with Gasteiger partial charge in [0.2, 0.25) is 6.41 Å². The molecule has 1 aromatic heterocycles. The summed E-state index contributed by atoms with van der Waals surface area (Å²) in [6.45, 7) is 0. The fraction of sp³-hybridized carbons (Fsp3) is 0. The standard InChI is InChI=1S/C21H11ClFN3O.CH3NO/c1-2-13-3-6-16(17-7-4-14(11-24)10-19(17)23)18(9-13)21(27)26-20-8-5-15(22)12-25-20;2-1-3/h1,3-10,12H,(H,25,26,27);1H,(H2,2,3). The second-order valence-electron chi connectivity index (χ2n) is 5.66. The molecule has 0 atom stereocenters. The van der Waals surface area contributed by atoms with Crippen molar-refractivity contribution < 1.29 is 14.0 Å². The lowest BCUT2D eigenvalue weighted by Crippen LogP contribution is -2.14. The molecule has 0 bridgehead atoms. The number of pyridine rings is 1. The van der Waals surface area contributed by atoms with Crippen molar-refractivity contribution in [1.82, 2.24) is 4.98 Å². The molecular weight excluding hydrogens is 407 g/mol. The number of nitrogens with zero attached hydrogens (tertiary/aromatic N) is 2. The number of anilines is 1. The predicted octanol–water partition coefficient (Wildman–Crippen LogP) is 3.75. The zero-order valence-electron chi connectivity index (χ0n) is 15.4. The number of terminal acetylenes is 1. The third kappa shape index (κ3) is 5.41. The van der Waals surface area contributed by atoms with Crippen LogP contribution in [-0.4, -0.2) is 17.3 Å². The lowest BCUT2D eigenvalue weighted by molar-refractivity contribution is -0.106. The highest BCUT2D eigenvalue weighted by Crippen LogP contribution is 2.28. The molecule has 148 valence electrons. The number of primary amides is 1. The van der Waals surface area contributed by atoms with Gasteiger partial charge in [-0.3, -0.25) is 9.59 Å². The Hall–Kier alpha value is -4.20. The first kappa shape index (κ1) is 22.1. The number of aromatic nitrogens is 1. The molecule has 0 radical (unpaired) electrons. The van der Waals surface area contributed by atoms with E-state index in [1.54, 1.807) is 24.3 Å². The lowest BCUT2D eigenvalue weighted by Gasteiger charge is -2.12. The van der Waals surface area contributed by atoms with Gasteiger partial charge < -0.3 is 11.1 Å². The zero-order chi connectivity index (χ0) is 22.1. The average Bonchev–Trinajstić information content (AvgIpc) is 2.75. The average molecular weight is 421 g/mol. The number of hydrogen-bond acceptors (Lipinski definition) is 4. The highest BCUT2D eigenvalue weighted by atomic mass is 35.5. The van der Waals surface area contributed by atoms with Crippen molar-refractivity contribution in [3.63, 3.8) is 0 Å². The van der Waals surface area contributed by atoms with Crippen LogP contribution < -0.4 is 11.1 Å². The fourth-order valence-electron chi connectivity index (χ4n) is 2.49. The Morgan fingerprint density at radius 1 is 1.17 bits per heavy atom. The molecule has 0 saturated heterocycles. The van der Waals surface area contributed by atoms with E-state index in [1.165, 1.54) is 24.4 Å². The van der Waals surface area contributed by atoms with Gasteiger partial charge in [-0.15, -0.1) is 6.42 Å². The smallest absolute Gasteiger partial charge is 0.257 e. The van der Waals surface area contributed by atoms with Crippen molar-refractivity contribution in [3.05, 3.63) is 82.3 Å². The number of nitrogens with two attached hydrogens (primary N) is 1. The van der Waals surface area contributed by atoms with Crippen LogP contribution in [0.15, 0.2) is 54.7 Å². The third-order valence-corrected chi connectivity index (χ3v) is 4.01. The van der Waals surface area contributed by atoms with E-state index in [-0.39, 0.29) is 23.1 Å². The van der Waals surface area contributed by atoms with E-state index in [0.717, 1.165) is 6.07 Å². The molecule has 3 rings (SSSR count). The SMILES string of the molecule is C#Cc1ccc(-c2ccc(C#N)cc2F)c(C(=O)Nc2ccc(Cl)cn2)c1.NC=O. The van der Waals surface area contributed by atoms with E-state index in [2.05, 4.69) is 22.0 Å². The minimum absolute atomic E-state index is 0.186. The van der Waals surface area contributed by atoms with Crippen LogP contribution in [0.2, 0.25) is 5.02 Å². The van der Waals surface area contributed by atoms with Gasteiger partial charge in [0.05, 0.1) is 16.7 Å². The van der Waals surface area contributed by atoms with Crippen molar-refractivity contribution in [3.8, 4) is 29.5 Å². The number of benzene rings is 2. The van der Waals surface area contributed by atoms with Crippen molar-refractivity contribution in [2.75, 3.05) is 5.32 Å². The van der Waals surface area contributed by atoms with Gasteiger partial charge in [-0.2, -0.15) is 5.26 Å². The number of carbonyl (C=O) groups is 2. The monoisotopic (exact) mass is 420 g/mol. The van der Waals surface area contributed by atoms with Crippen molar-refractivity contribution in [2.24, 2.45) is 5.73 Å². The second-order valence-corrected chi connectivity index (χ2v) is 6.10. The molecule has 8 heteroatoms. The van der Waals surface area contributed by atoms with E-state index < -0.39 is 11.7 Å². The molecule has 2 aromatic carbocycles. The second kappa shape index (κ2) is 10.4. The van der Waals surface area contributed by atoms with Crippen molar-refractivity contribution in [1.29, 1.82) is 5.26 Å². The highest BCUT2D eigenvalue weighted by molar-refractivity contribution is 6.30. The van der Waals surface area contributed by atoms with Crippen molar-refractivity contribution in [2.45, 2.75) is 0 Å². The molecule has 3 aromatic rings. The Morgan fingerprint density at radius 2 is 1.83 bits per heavy atom. The molecular formula is C22H14ClFN4O2. The van der Waals surface area contributed by atoms with Crippen LogP contribution in [0.4, 0.5) is 10.2 Å². The number of hydrogen-bond donors (Lipinski definition) is 2. The summed E-state index contributed by atoms with van der Waals surface area (Å²) in [7, 11) is 0. The summed E-state index contributed by atoms with van der Waals surface area (Å²) in [5.74, 6) is 1.64. The van der Waals surface area contributed by atoms with E-state index in [9.17, 15) is 9.18 Å². The number of nitriles is 1. The normalized spacial score (nSPS) is 9.33. The molecule has 0 aliphatic heterocycles. The Kier molecular flexibility index (Phi) is 7.64. The molecule has 2 amide bonds. The summed E-state index contributed by atoms with van der Waals surface area (Å²) < 4.78 is 14.5. The largest absolute Gasteiger partial charge is 0.372 e. The maximum absolute atomic E-state index is 14.5. The number of rotatable bonds is 3. The molecule has 0 saturated carbocycles. The van der Waals surface area contributed by atoms with Crippen LogP contribution in [0.1, 0.15) is 21.5 Å². The molecule has 0 spiro atoms. The van der Waals surface area contributed by atoms with Gasteiger partial charge >= 0.3 is 0 Å². The quantitative estimate of drug-likeness (QED) is 0.496. The van der Waals surface area contributed by atoms with Crippen LogP contribution in [0.25, 0.3) is 11.1 Å². The topological polar surface area (TPSA) is 109 Å².